The molecular weight excluding hydrogens is 378 g/mol. The van der Waals surface area contributed by atoms with Gasteiger partial charge in [-0.1, -0.05) is 96.7 Å². The maximum Gasteiger partial charge on any atom is 0.154 e. The van der Waals surface area contributed by atoms with Crippen molar-refractivity contribution in [3.05, 3.63) is 120 Å². The van der Waals surface area contributed by atoms with Crippen LogP contribution in [0.25, 0.3) is 0 Å². The monoisotopic (exact) mass is 409 g/mol. The van der Waals surface area contributed by atoms with Gasteiger partial charge < -0.3 is 4.90 Å². The zero-order chi connectivity index (χ0) is 21.6. The number of rotatable bonds is 5. The molecule has 0 spiro atoms. The molecule has 0 aromatic carbocycles. The Hall–Kier alpha value is -3.33. The van der Waals surface area contributed by atoms with Gasteiger partial charge in [0.1, 0.15) is 6.17 Å². The van der Waals surface area contributed by atoms with Crippen LogP contribution in [0.4, 0.5) is 0 Å². The fourth-order valence-corrected chi connectivity index (χ4v) is 4.26. The molecule has 3 unspecified atom stereocenters. The van der Waals surface area contributed by atoms with Gasteiger partial charge in [-0.25, -0.2) is 0 Å². The SMILES string of the molecule is C\C=C(C)/C=C\C=C\C1=NN(C)C(C2=CC=CCC=C2)N1C1=CC=CC2C=CC=CC12. The molecule has 0 radical (unpaired) electrons. The summed E-state index contributed by atoms with van der Waals surface area (Å²) in [6.45, 7) is 4.16. The minimum atomic E-state index is 0.0256. The van der Waals surface area contributed by atoms with Crippen molar-refractivity contribution in [2.24, 2.45) is 16.9 Å². The molecule has 0 saturated heterocycles. The third kappa shape index (κ3) is 4.56. The normalized spacial score (nSPS) is 27.8. The Kier molecular flexibility index (Phi) is 6.51. The maximum absolute atomic E-state index is 4.94. The fraction of sp³-hybridized carbons (Fsp3) is 0.250. The second-order valence-corrected chi connectivity index (χ2v) is 8.11. The zero-order valence-corrected chi connectivity index (χ0v) is 18.6. The van der Waals surface area contributed by atoms with Crippen LogP contribution in [0.2, 0.25) is 0 Å². The van der Waals surface area contributed by atoms with Gasteiger partial charge >= 0.3 is 0 Å². The quantitative estimate of drug-likeness (QED) is 0.503. The second-order valence-electron chi connectivity index (χ2n) is 8.11. The third-order valence-electron chi connectivity index (χ3n) is 5.98. The summed E-state index contributed by atoms with van der Waals surface area (Å²) in [5, 5.41) is 7.02. The number of hydrazone groups is 1. The van der Waals surface area contributed by atoms with E-state index in [1.807, 2.05) is 0 Å². The summed E-state index contributed by atoms with van der Waals surface area (Å²) in [5.74, 6) is 1.66. The summed E-state index contributed by atoms with van der Waals surface area (Å²) in [5.41, 5.74) is 3.76. The second kappa shape index (κ2) is 9.65. The van der Waals surface area contributed by atoms with Crippen molar-refractivity contribution < 1.29 is 0 Å². The smallest absolute Gasteiger partial charge is 0.154 e. The van der Waals surface area contributed by atoms with E-state index in [-0.39, 0.29) is 6.17 Å². The van der Waals surface area contributed by atoms with E-state index in [0.717, 1.165) is 12.3 Å². The molecule has 3 atom stereocenters. The molecule has 31 heavy (non-hydrogen) atoms. The minimum Gasteiger partial charge on any atom is -0.301 e. The predicted octanol–water partition coefficient (Wildman–Crippen LogP) is 6.21. The molecule has 3 heteroatoms. The van der Waals surface area contributed by atoms with Crippen molar-refractivity contribution in [3.63, 3.8) is 0 Å². The first-order valence-corrected chi connectivity index (χ1v) is 11.0. The number of hydrogen-bond acceptors (Lipinski definition) is 3. The average Bonchev–Trinajstić information content (AvgIpc) is 2.95. The highest BCUT2D eigenvalue weighted by molar-refractivity contribution is 5.96. The molecule has 0 fully saturated rings. The van der Waals surface area contributed by atoms with Gasteiger partial charge in [-0.3, -0.25) is 5.01 Å². The van der Waals surface area contributed by atoms with Gasteiger partial charge in [-0.15, -0.1) is 0 Å². The molecule has 0 aromatic heterocycles. The first-order valence-electron chi connectivity index (χ1n) is 11.0. The average molecular weight is 410 g/mol. The van der Waals surface area contributed by atoms with Crippen LogP contribution in [0.15, 0.2) is 125 Å². The Balaban J connectivity index is 1.71. The highest BCUT2D eigenvalue weighted by Gasteiger charge is 2.38. The highest BCUT2D eigenvalue weighted by Crippen LogP contribution is 2.38. The Morgan fingerprint density at radius 3 is 2.74 bits per heavy atom. The minimum absolute atomic E-state index is 0.0256. The van der Waals surface area contributed by atoms with Crippen molar-refractivity contribution in [2.75, 3.05) is 7.05 Å². The van der Waals surface area contributed by atoms with Crippen LogP contribution >= 0.6 is 0 Å². The molecule has 0 saturated carbocycles. The van der Waals surface area contributed by atoms with Gasteiger partial charge in [-0.05, 0) is 38.0 Å². The molecule has 158 valence electrons. The number of allylic oxidation sites excluding steroid dienone is 16. The summed E-state index contributed by atoms with van der Waals surface area (Å²) in [4.78, 5) is 2.40. The number of hydrogen-bond donors (Lipinski definition) is 0. The lowest BCUT2D eigenvalue weighted by atomic mass is 9.82. The lowest BCUT2D eigenvalue weighted by molar-refractivity contribution is 0.212. The Labute approximate surface area is 186 Å². The van der Waals surface area contributed by atoms with Crippen LogP contribution in [-0.4, -0.2) is 29.0 Å². The van der Waals surface area contributed by atoms with E-state index in [1.165, 1.54) is 16.8 Å². The summed E-state index contributed by atoms with van der Waals surface area (Å²) in [6.07, 6.45) is 38.1. The maximum atomic E-state index is 4.94. The first kappa shape index (κ1) is 20.9. The Morgan fingerprint density at radius 1 is 1.03 bits per heavy atom. The van der Waals surface area contributed by atoms with Crippen LogP contribution in [-0.2, 0) is 0 Å². The lowest BCUT2D eigenvalue weighted by Gasteiger charge is -2.38. The Bertz CT molecular complexity index is 1020. The van der Waals surface area contributed by atoms with E-state index in [2.05, 4.69) is 134 Å². The number of likely N-dealkylation sites (N-methyl/N-ethyl adjacent to an activating group) is 1. The molecule has 4 aliphatic rings. The Morgan fingerprint density at radius 2 is 1.87 bits per heavy atom. The van der Waals surface area contributed by atoms with Gasteiger partial charge in [0.05, 0.1) is 0 Å². The van der Waals surface area contributed by atoms with Gasteiger partial charge in [0.25, 0.3) is 0 Å². The predicted molar refractivity (Wildman–Crippen MR) is 132 cm³/mol. The van der Waals surface area contributed by atoms with E-state index in [4.69, 9.17) is 5.10 Å². The fourth-order valence-electron chi connectivity index (χ4n) is 4.26. The van der Waals surface area contributed by atoms with E-state index in [0.29, 0.717) is 11.8 Å². The van der Waals surface area contributed by atoms with E-state index in [1.54, 1.807) is 0 Å². The van der Waals surface area contributed by atoms with Gasteiger partial charge in [0, 0.05) is 24.6 Å². The van der Waals surface area contributed by atoms with Crippen molar-refractivity contribution in [1.29, 1.82) is 0 Å². The van der Waals surface area contributed by atoms with Crippen molar-refractivity contribution >= 4 is 5.84 Å². The van der Waals surface area contributed by atoms with Crippen molar-refractivity contribution in [3.8, 4) is 0 Å². The number of fused-ring (bicyclic) bond motifs is 1. The molecule has 3 nitrogen and oxygen atoms in total. The standard InChI is InChI=1S/C28H31N3/c1-4-22(2)14-9-12-21-27-29-30(3)28(24-16-7-5-6-8-17-24)31(27)26-20-13-18-23-15-10-11-19-25(23)26/h4-5,7-21,23,25,28H,6H2,1-3H3/b14-9-,21-12+,22-4-. The van der Waals surface area contributed by atoms with Crippen molar-refractivity contribution in [1.82, 2.24) is 9.91 Å². The zero-order valence-electron chi connectivity index (χ0n) is 18.6. The van der Waals surface area contributed by atoms with Crippen LogP contribution in [0.5, 0.6) is 0 Å². The van der Waals surface area contributed by atoms with Crippen molar-refractivity contribution in [2.45, 2.75) is 26.4 Å². The molecule has 4 rings (SSSR count). The van der Waals surface area contributed by atoms with Gasteiger partial charge in [0.2, 0.25) is 0 Å². The summed E-state index contributed by atoms with van der Waals surface area (Å²) in [6, 6.07) is 0. The summed E-state index contributed by atoms with van der Waals surface area (Å²) < 4.78 is 0. The molecule has 0 aromatic rings. The molecule has 0 bridgehead atoms. The number of nitrogens with zero attached hydrogens (tertiary/aromatic N) is 3. The summed E-state index contributed by atoms with van der Waals surface area (Å²) >= 11 is 0. The summed E-state index contributed by atoms with van der Waals surface area (Å²) in [7, 11) is 2.06. The van der Waals surface area contributed by atoms with Crippen LogP contribution in [0, 0.1) is 11.8 Å². The largest absolute Gasteiger partial charge is 0.301 e. The molecule has 1 aliphatic heterocycles. The molecular formula is C28H31N3. The van der Waals surface area contributed by atoms with E-state index >= 15 is 0 Å². The molecule has 1 heterocycles. The topological polar surface area (TPSA) is 18.8 Å². The van der Waals surface area contributed by atoms with E-state index in [9.17, 15) is 0 Å². The van der Waals surface area contributed by atoms with Crippen LogP contribution in [0.1, 0.15) is 20.3 Å². The lowest BCUT2D eigenvalue weighted by Crippen LogP contribution is -2.43. The molecule has 0 N–H and O–H groups in total. The van der Waals surface area contributed by atoms with Gasteiger partial charge in [-0.2, -0.15) is 5.10 Å². The molecule has 0 amide bonds. The van der Waals surface area contributed by atoms with Crippen LogP contribution in [0.3, 0.4) is 0 Å². The third-order valence-corrected chi connectivity index (χ3v) is 5.98. The molecule has 3 aliphatic carbocycles. The first-order chi connectivity index (χ1) is 15.2. The highest BCUT2D eigenvalue weighted by atomic mass is 15.6. The van der Waals surface area contributed by atoms with Crippen LogP contribution < -0.4 is 0 Å². The number of amidine groups is 1. The van der Waals surface area contributed by atoms with E-state index < -0.39 is 0 Å². The van der Waals surface area contributed by atoms with Gasteiger partial charge in [0.15, 0.2) is 5.84 Å².